The molecule has 0 heterocycles. The Hall–Kier alpha value is -1.38. The highest BCUT2D eigenvalue weighted by molar-refractivity contribution is 5.47. The molecule has 0 bridgehead atoms. The number of benzene rings is 1. The summed E-state index contributed by atoms with van der Waals surface area (Å²) in [6.45, 7) is 3.84. The fraction of sp³-hybridized carbons (Fsp3) is 0.364. The molecule has 0 saturated carbocycles. The number of rotatable bonds is 4. The van der Waals surface area contributed by atoms with Gasteiger partial charge in [0.1, 0.15) is 5.82 Å². The van der Waals surface area contributed by atoms with Crippen molar-refractivity contribution in [3.63, 3.8) is 0 Å². The first kappa shape index (κ1) is 10.7. The molecule has 1 aromatic rings. The first-order chi connectivity index (χ1) is 6.53. The Balaban J connectivity index is 2.68. The smallest absolute Gasteiger partial charge is 0.207 e. The van der Waals surface area contributed by atoms with Gasteiger partial charge in [0, 0.05) is 5.54 Å². The molecule has 0 saturated heterocycles. The Morgan fingerprint density at radius 1 is 1.36 bits per heavy atom. The van der Waals surface area contributed by atoms with Crippen molar-refractivity contribution in [2.75, 3.05) is 0 Å². The van der Waals surface area contributed by atoms with Gasteiger partial charge in [-0.05, 0) is 38.0 Å². The molecule has 0 aliphatic carbocycles. The third-order valence-corrected chi connectivity index (χ3v) is 2.01. The van der Waals surface area contributed by atoms with Crippen LogP contribution in [0.2, 0.25) is 0 Å². The van der Waals surface area contributed by atoms with E-state index in [0.717, 1.165) is 5.56 Å². The Morgan fingerprint density at radius 2 is 1.93 bits per heavy atom. The summed E-state index contributed by atoms with van der Waals surface area (Å²) in [5.41, 5.74) is 0.713. The van der Waals surface area contributed by atoms with Crippen LogP contribution in [0.3, 0.4) is 0 Å². The van der Waals surface area contributed by atoms with Crippen molar-refractivity contribution >= 4 is 6.41 Å². The number of carbonyl (C=O) groups excluding carboxylic acids is 1. The molecule has 0 atom stereocenters. The van der Waals surface area contributed by atoms with Crippen LogP contribution >= 0.6 is 0 Å². The average Bonchev–Trinajstić information content (AvgIpc) is 2.08. The molecule has 0 aromatic heterocycles. The predicted molar refractivity (Wildman–Crippen MR) is 53.4 cm³/mol. The third kappa shape index (κ3) is 3.17. The summed E-state index contributed by atoms with van der Waals surface area (Å²) in [6.07, 6.45) is 1.37. The van der Waals surface area contributed by atoms with E-state index in [-0.39, 0.29) is 11.4 Å². The van der Waals surface area contributed by atoms with Gasteiger partial charge in [-0.2, -0.15) is 0 Å². The van der Waals surface area contributed by atoms with Crippen LogP contribution in [-0.4, -0.2) is 11.9 Å². The molecule has 0 unspecified atom stereocenters. The molecule has 1 N–H and O–H groups in total. The molecular weight excluding hydrogens is 181 g/mol. The molecule has 3 heteroatoms. The zero-order valence-corrected chi connectivity index (χ0v) is 8.38. The Kier molecular flexibility index (Phi) is 3.23. The fourth-order valence-corrected chi connectivity index (χ4v) is 1.32. The second-order valence-corrected chi connectivity index (χ2v) is 3.95. The normalized spacial score (nSPS) is 11.1. The largest absolute Gasteiger partial charge is 0.353 e. The second-order valence-electron chi connectivity index (χ2n) is 3.95. The Morgan fingerprint density at radius 3 is 2.43 bits per heavy atom. The van der Waals surface area contributed by atoms with E-state index < -0.39 is 0 Å². The van der Waals surface area contributed by atoms with Crippen molar-refractivity contribution in [3.05, 3.63) is 35.6 Å². The average molecular weight is 195 g/mol. The van der Waals surface area contributed by atoms with Gasteiger partial charge >= 0.3 is 0 Å². The number of halogens is 1. The lowest BCUT2D eigenvalue weighted by Crippen LogP contribution is -2.40. The maximum absolute atomic E-state index is 12.6. The van der Waals surface area contributed by atoms with Crippen LogP contribution in [0.5, 0.6) is 0 Å². The molecule has 1 aromatic carbocycles. The number of nitrogens with one attached hydrogen (secondary N) is 1. The minimum Gasteiger partial charge on any atom is -0.353 e. The van der Waals surface area contributed by atoms with Crippen LogP contribution in [0.25, 0.3) is 0 Å². The van der Waals surface area contributed by atoms with Crippen molar-refractivity contribution in [2.45, 2.75) is 25.8 Å². The minimum atomic E-state index is -0.292. The van der Waals surface area contributed by atoms with E-state index in [1.54, 1.807) is 12.1 Å². The monoisotopic (exact) mass is 195 g/mol. The van der Waals surface area contributed by atoms with E-state index in [4.69, 9.17) is 0 Å². The van der Waals surface area contributed by atoms with E-state index >= 15 is 0 Å². The van der Waals surface area contributed by atoms with Crippen molar-refractivity contribution in [1.29, 1.82) is 0 Å². The lowest BCUT2D eigenvalue weighted by atomic mass is 9.95. The molecule has 0 fully saturated rings. The summed E-state index contributed by atoms with van der Waals surface area (Å²) in [7, 11) is 0. The molecule has 1 amide bonds. The standard InChI is InChI=1S/C11H14FNO/c1-11(2,13-8-14)7-9-3-5-10(12)6-4-9/h3-6,8H,7H2,1-2H3,(H,13,14). The van der Waals surface area contributed by atoms with Gasteiger partial charge in [0.2, 0.25) is 6.41 Å². The fourth-order valence-electron chi connectivity index (χ4n) is 1.32. The molecule has 0 spiro atoms. The van der Waals surface area contributed by atoms with E-state index in [1.165, 1.54) is 12.1 Å². The first-order valence-corrected chi connectivity index (χ1v) is 4.49. The summed E-state index contributed by atoms with van der Waals surface area (Å²) >= 11 is 0. The molecule has 0 radical (unpaired) electrons. The highest BCUT2D eigenvalue weighted by Crippen LogP contribution is 2.12. The summed E-state index contributed by atoms with van der Waals surface area (Å²) in [5, 5.41) is 2.71. The zero-order valence-electron chi connectivity index (χ0n) is 8.38. The highest BCUT2D eigenvalue weighted by atomic mass is 19.1. The number of hydrogen-bond acceptors (Lipinski definition) is 1. The lowest BCUT2D eigenvalue weighted by molar-refractivity contribution is -0.110. The highest BCUT2D eigenvalue weighted by Gasteiger charge is 2.16. The van der Waals surface area contributed by atoms with Crippen molar-refractivity contribution < 1.29 is 9.18 Å². The molecule has 2 nitrogen and oxygen atoms in total. The summed E-state index contributed by atoms with van der Waals surface area (Å²) in [5.74, 6) is -0.241. The number of amides is 1. The SMILES string of the molecule is CC(C)(Cc1ccc(F)cc1)NC=O. The molecule has 14 heavy (non-hydrogen) atoms. The van der Waals surface area contributed by atoms with Gasteiger partial charge in [0.05, 0.1) is 0 Å². The van der Waals surface area contributed by atoms with Crippen LogP contribution < -0.4 is 5.32 Å². The lowest BCUT2D eigenvalue weighted by Gasteiger charge is -2.23. The van der Waals surface area contributed by atoms with E-state index in [9.17, 15) is 9.18 Å². The molecule has 1 rings (SSSR count). The van der Waals surface area contributed by atoms with Gasteiger partial charge in [-0.25, -0.2) is 4.39 Å². The quantitative estimate of drug-likeness (QED) is 0.730. The Bertz CT molecular complexity index is 306. The van der Waals surface area contributed by atoms with Gasteiger partial charge in [-0.1, -0.05) is 12.1 Å². The third-order valence-electron chi connectivity index (χ3n) is 2.01. The summed E-state index contributed by atoms with van der Waals surface area (Å²) in [4.78, 5) is 10.3. The Labute approximate surface area is 83.1 Å². The number of carbonyl (C=O) groups is 1. The first-order valence-electron chi connectivity index (χ1n) is 4.49. The van der Waals surface area contributed by atoms with Crippen LogP contribution in [0.15, 0.2) is 24.3 Å². The molecular formula is C11H14FNO. The van der Waals surface area contributed by atoms with E-state index in [1.807, 2.05) is 13.8 Å². The van der Waals surface area contributed by atoms with Gasteiger partial charge in [-0.3, -0.25) is 4.79 Å². The van der Waals surface area contributed by atoms with E-state index in [2.05, 4.69) is 5.32 Å². The maximum Gasteiger partial charge on any atom is 0.207 e. The molecule has 76 valence electrons. The van der Waals surface area contributed by atoms with Gasteiger partial charge < -0.3 is 5.32 Å². The summed E-state index contributed by atoms with van der Waals surface area (Å²) in [6, 6.07) is 6.30. The van der Waals surface area contributed by atoms with Crippen molar-refractivity contribution in [3.8, 4) is 0 Å². The summed E-state index contributed by atoms with van der Waals surface area (Å²) < 4.78 is 12.6. The zero-order chi connectivity index (χ0) is 10.6. The van der Waals surface area contributed by atoms with Crippen LogP contribution in [0.4, 0.5) is 4.39 Å². The predicted octanol–water partition coefficient (Wildman–Crippen LogP) is 1.89. The van der Waals surface area contributed by atoms with Crippen molar-refractivity contribution in [1.82, 2.24) is 5.32 Å². The van der Waals surface area contributed by atoms with Crippen LogP contribution in [-0.2, 0) is 11.2 Å². The van der Waals surface area contributed by atoms with Gasteiger partial charge in [0.25, 0.3) is 0 Å². The minimum absolute atomic E-state index is 0.241. The second kappa shape index (κ2) is 4.22. The topological polar surface area (TPSA) is 29.1 Å². The van der Waals surface area contributed by atoms with Gasteiger partial charge in [0.15, 0.2) is 0 Å². The van der Waals surface area contributed by atoms with Crippen LogP contribution in [0, 0.1) is 5.82 Å². The maximum atomic E-state index is 12.6. The molecule has 0 aliphatic rings. The van der Waals surface area contributed by atoms with E-state index in [0.29, 0.717) is 12.8 Å². The van der Waals surface area contributed by atoms with Crippen LogP contribution in [0.1, 0.15) is 19.4 Å². The number of hydrogen-bond donors (Lipinski definition) is 1. The van der Waals surface area contributed by atoms with Gasteiger partial charge in [-0.15, -0.1) is 0 Å². The van der Waals surface area contributed by atoms with Crippen molar-refractivity contribution in [2.24, 2.45) is 0 Å². The molecule has 0 aliphatic heterocycles.